The predicted octanol–water partition coefficient (Wildman–Crippen LogP) is 13.1. The van der Waals surface area contributed by atoms with Gasteiger partial charge in [0.1, 0.15) is 13.2 Å². The fraction of sp³-hybridized carbons (Fsp3) is 0.596. The summed E-state index contributed by atoms with van der Waals surface area (Å²) in [6.07, 6.45) is 52.6. The smallest absolute Gasteiger partial charge is 0.306 e. The number of carbonyl (C=O) groups is 3. The minimum atomic E-state index is -0.817. The highest BCUT2D eigenvalue weighted by Gasteiger charge is 2.19. The number of allylic oxidation sites excluding steroid dienone is 16. The zero-order valence-electron chi connectivity index (χ0n) is 33.7. The van der Waals surface area contributed by atoms with Gasteiger partial charge in [-0.25, -0.2) is 0 Å². The maximum absolute atomic E-state index is 12.6. The summed E-state index contributed by atoms with van der Waals surface area (Å²) in [4.78, 5) is 37.5. The van der Waals surface area contributed by atoms with Crippen molar-refractivity contribution in [2.24, 2.45) is 0 Å². The lowest BCUT2D eigenvalue weighted by molar-refractivity contribution is -0.167. The molecule has 298 valence electrons. The molecule has 6 heteroatoms. The second kappa shape index (κ2) is 41.1. The predicted molar refractivity (Wildman–Crippen MR) is 224 cm³/mol. The molecule has 0 fully saturated rings. The first kappa shape index (κ1) is 49.3. The quantitative estimate of drug-likeness (QED) is 0.0279. The summed E-state index contributed by atoms with van der Waals surface area (Å²) in [6.45, 7) is 6.15. The standard InChI is InChI=1S/C47H74O6/c1-4-7-10-13-16-19-21-23-24-26-28-31-34-37-40-46(49)52-43-44(42-51-45(48)39-36-33-30-27-18-15-12-9-6-3)53-47(50)41-38-35-32-29-25-22-20-17-14-11-8-5-2/h7-12,16-20,23-25,27,29,44H,4-6,13-15,21-22,26,28,30-43H2,1-3H3/b10-7-,11-8-,12-9-,19-16-,20-17-,24-23-,27-18-,29-25-. The summed E-state index contributed by atoms with van der Waals surface area (Å²) in [7, 11) is 0. The van der Waals surface area contributed by atoms with Crippen molar-refractivity contribution in [2.75, 3.05) is 13.2 Å². The summed E-state index contributed by atoms with van der Waals surface area (Å²) in [5.41, 5.74) is 0. The number of rotatable bonds is 35. The first-order valence-corrected chi connectivity index (χ1v) is 20.7. The van der Waals surface area contributed by atoms with Crippen molar-refractivity contribution in [3.63, 3.8) is 0 Å². The van der Waals surface area contributed by atoms with Crippen LogP contribution in [-0.2, 0) is 28.6 Å². The number of unbranched alkanes of at least 4 members (excludes halogenated alkanes) is 8. The van der Waals surface area contributed by atoms with E-state index in [0.717, 1.165) is 116 Å². The highest BCUT2D eigenvalue weighted by atomic mass is 16.6. The Morgan fingerprint density at radius 3 is 1.08 bits per heavy atom. The van der Waals surface area contributed by atoms with Crippen LogP contribution in [0, 0.1) is 0 Å². The van der Waals surface area contributed by atoms with E-state index in [-0.39, 0.29) is 37.5 Å². The van der Waals surface area contributed by atoms with E-state index in [9.17, 15) is 14.4 Å². The fourth-order valence-corrected chi connectivity index (χ4v) is 5.03. The van der Waals surface area contributed by atoms with Gasteiger partial charge in [0.2, 0.25) is 0 Å². The van der Waals surface area contributed by atoms with Gasteiger partial charge >= 0.3 is 17.9 Å². The van der Waals surface area contributed by atoms with Crippen molar-refractivity contribution in [3.05, 3.63) is 97.2 Å². The van der Waals surface area contributed by atoms with Crippen LogP contribution in [0.5, 0.6) is 0 Å². The normalized spacial score (nSPS) is 13.0. The zero-order valence-corrected chi connectivity index (χ0v) is 33.7. The van der Waals surface area contributed by atoms with Crippen LogP contribution in [-0.4, -0.2) is 37.2 Å². The number of hydrogen-bond acceptors (Lipinski definition) is 6. The Bertz CT molecular complexity index is 1120. The van der Waals surface area contributed by atoms with Crippen LogP contribution in [0.1, 0.15) is 162 Å². The van der Waals surface area contributed by atoms with Crippen LogP contribution in [0.2, 0.25) is 0 Å². The molecule has 1 unspecified atom stereocenters. The largest absolute Gasteiger partial charge is 0.462 e. The van der Waals surface area contributed by atoms with Gasteiger partial charge in [0.15, 0.2) is 6.10 Å². The SMILES string of the molecule is CC/C=C\C/C=C\C/C=C\CCCCCCC(=O)OCC(COC(=O)CCCC/C=C\C/C=C\CC)OC(=O)CCCC/C=C\C/C=C\C/C=C\CC. The maximum Gasteiger partial charge on any atom is 0.306 e. The highest BCUT2D eigenvalue weighted by Crippen LogP contribution is 2.10. The third-order valence-corrected chi connectivity index (χ3v) is 8.06. The van der Waals surface area contributed by atoms with Crippen molar-refractivity contribution in [1.82, 2.24) is 0 Å². The molecule has 0 amide bonds. The average molecular weight is 735 g/mol. The monoisotopic (exact) mass is 735 g/mol. The van der Waals surface area contributed by atoms with Gasteiger partial charge < -0.3 is 14.2 Å². The summed E-state index contributed by atoms with van der Waals surface area (Å²) in [5, 5.41) is 0. The molecular weight excluding hydrogens is 661 g/mol. The Labute approximate surface area is 324 Å². The van der Waals surface area contributed by atoms with E-state index in [2.05, 4.69) is 118 Å². The molecule has 0 aromatic heterocycles. The van der Waals surface area contributed by atoms with Crippen LogP contribution < -0.4 is 0 Å². The van der Waals surface area contributed by atoms with E-state index >= 15 is 0 Å². The van der Waals surface area contributed by atoms with E-state index in [1.54, 1.807) is 0 Å². The van der Waals surface area contributed by atoms with Crippen LogP contribution in [0.15, 0.2) is 97.2 Å². The molecule has 0 saturated carbocycles. The van der Waals surface area contributed by atoms with Crippen LogP contribution >= 0.6 is 0 Å². The molecule has 0 heterocycles. The molecule has 0 N–H and O–H groups in total. The third kappa shape index (κ3) is 39.4. The second-order valence-corrected chi connectivity index (χ2v) is 13.1. The zero-order chi connectivity index (χ0) is 38.7. The first-order chi connectivity index (χ1) is 26.0. The number of carbonyl (C=O) groups excluding carboxylic acids is 3. The van der Waals surface area contributed by atoms with E-state index in [1.165, 1.54) is 0 Å². The molecule has 0 rings (SSSR count). The van der Waals surface area contributed by atoms with Crippen LogP contribution in [0.3, 0.4) is 0 Å². The van der Waals surface area contributed by atoms with Crippen LogP contribution in [0.25, 0.3) is 0 Å². The molecule has 0 spiro atoms. The molecule has 0 aliphatic carbocycles. The molecule has 0 radical (unpaired) electrons. The van der Waals surface area contributed by atoms with E-state index in [0.29, 0.717) is 19.3 Å². The van der Waals surface area contributed by atoms with Gasteiger partial charge in [-0.15, -0.1) is 0 Å². The Morgan fingerprint density at radius 1 is 0.377 bits per heavy atom. The lowest BCUT2D eigenvalue weighted by Crippen LogP contribution is -2.30. The number of hydrogen-bond donors (Lipinski definition) is 0. The van der Waals surface area contributed by atoms with E-state index in [1.807, 2.05) is 0 Å². The Balaban J connectivity index is 4.52. The minimum absolute atomic E-state index is 0.117. The van der Waals surface area contributed by atoms with Crippen molar-refractivity contribution < 1.29 is 28.6 Å². The Morgan fingerprint density at radius 2 is 0.679 bits per heavy atom. The van der Waals surface area contributed by atoms with Gasteiger partial charge in [0, 0.05) is 19.3 Å². The summed E-state index contributed by atoms with van der Waals surface area (Å²) in [6, 6.07) is 0. The lowest BCUT2D eigenvalue weighted by Gasteiger charge is -2.18. The number of ether oxygens (including phenoxy) is 3. The van der Waals surface area contributed by atoms with Gasteiger partial charge in [0.25, 0.3) is 0 Å². The van der Waals surface area contributed by atoms with Crippen molar-refractivity contribution in [1.29, 1.82) is 0 Å². The van der Waals surface area contributed by atoms with Gasteiger partial charge in [0.05, 0.1) is 0 Å². The highest BCUT2D eigenvalue weighted by molar-refractivity contribution is 5.71. The van der Waals surface area contributed by atoms with Gasteiger partial charge in [-0.3, -0.25) is 14.4 Å². The van der Waals surface area contributed by atoms with E-state index in [4.69, 9.17) is 14.2 Å². The molecule has 0 aromatic rings. The van der Waals surface area contributed by atoms with Gasteiger partial charge in [-0.1, -0.05) is 131 Å². The van der Waals surface area contributed by atoms with Crippen LogP contribution in [0.4, 0.5) is 0 Å². The number of esters is 3. The molecule has 6 nitrogen and oxygen atoms in total. The van der Waals surface area contributed by atoms with Gasteiger partial charge in [-0.05, 0) is 109 Å². The van der Waals surface area contributed by atoms with Gasteiger partial charge in [-0.2, -0.15) is 0 Å². The van der Waals surface area contributed by atoms with Crippen molar-refractivity contribution in [3.8, 4) is 0 Å². The van der Waals surface area contributed by atoms with E-state index < -0.39 is 6.10 Å². The molecule has 0 saturated heterocycles. The lowest BCUT2D eigenvalue weighted by atomic mass is 10.1. The molecule has 0 aromatic carbocycles. The molecular formula is C47H74O6. The van der Waals surface area contributed by atoms with Crippen molar-refractivity contribution >= 4 is 17.9 Å². The Hall–Kier alpha value is -3.67. The molecule has 0 aliphatic rings. The topological polar surface area (TPSA) is 78.9 Å². The second-order valence-electron chi connectivity index (χ2n) is 13.1. The average Bonchev–Trinajstić information content (AvgIpc) is 3.15. The molecule has 0 bridgehead atoms. The molecule has 53 heavy (non-hydrogen) atoms. The third-order valence-electron chi connectivity index (χ3n) is 8.06. The minimum Gasteiger partial charge on any atom is -0.462 e. The van der Waals surface area contributed by atoms with Crippen molar-refractivity contribution in [2.45, 2.75) is 168 Å². The summed E-state index contributed by atoms with van der Waals surface area (Å²) >= 11 is 0. The summed E-state index contributed by atoms with van der Waals surface area (Å²) < 4.78 is 16.5. The fourth-order valence-electron chi connectivity index (χ4n) is 5.03. The Kier molecular flexibility index (Phi) is 38.2. The molecule has 1 atom stereocenters. The maximum atomic E-state index is 12.6. The summed E-state index contributed by atoms with van der Waals surface area (Å²) in [5.74, 6) is -1.03. The molecule has 0 aliphatic heterocycles. The first-order valence-electron chi connectivity index (χ1n) is 20.7.